The lowest BCUT2D eigenvalue weighted by atomic mass is 9.94. The van der Waals surface area contributed by atoms with Crippen molar-refractivity contribution in [2.75, 3.05) is 25.1 Å². The van der Waals surface area contributed by atoms with Gasteiger partial charge in [0.05, 0.1) is 24.9 Å². The maximum absolute atomic E-state index is 11.9. The van der Waals surface area contributed by atoms with E-state index < -0.39 is 0 Å². The second kappa shape index (κ2) is 10.3. The molecule has 2 bridgehead atoms. The molecular weight excluding hydrogens is 484 g/mol. The molecule has 0 radical (unpaired) electrons. The number of pyridine rings is 2. The minimum Gasteiger partial charge on any atom is -0.488 e. The Kier molecular flexibility index (Phi) is 6.61. The fraction of sp³-hybridized carbons (Fsp3) is 0.370. The van der Waals surface area contributed by atoms with Gasteiger partial charge < -0.3 is 25.4 Å². The summed E-state index contributed by atoms with van der Waals surface area (Å²) in [6.07, 6.45) is 5.69. The molecule has 0 unspecified atom stereocenters. The van der Waals surface area contributed by atoms with E-state index in [2.05, 4.69) is 48.4 Å². The maximum atomic E-state index is 11.9. The van der Waals surface area contributed by atoms with Gasteiger partial charge in [-0.15, -0.1) is 10.2 Å². The molecule has 2 saturated heterocycles. The molecule has 11 heteroatoms. The number of carbonyl (C=O) groups excluding carboxylic acids is 1. The van der Waals surface area contributed by atoms with Crippen LogP contribution < -0.4 is 20.7 Å². The number of hydrogen-bond donors (Lipinski definition) is 3. The van der Waals surface area contributed by atoms with Crippen LogP contribution in [-0.2, 0) is 4.74 Å². The van der Waals surface area contributed by atoms with Gasteiger partial charge in [-0.1, -0.05) is 0 Å². The predicted molar refractivity (Wildman–Crippen MR) is 142 cm³/mol. The van der Waals surface area contributed by atoms with Crippen molar-refractivity contribution in [3.05, 3.63) is 60.2 Å². The van der Waals surface area contributed by atoms with Crippen LogP contribution in [0, 0.1) is 6.92 Å². The average molecular weight is 515 g/mol. The van der Waals surface area contributed by atoms with Gasteiger partial charge in [0, 0.05) is 55.0 Å². The molecule has 6 rings (SSSR count). The number of piperidine rings is 1. The van der Waals surface area contributed by atoms with Crippen molar-refractivity contribution in [3.8, 4) is 16.9 Å². The standard InChI is InChI=1S/C27H30N8O3/c1-3-28-27(36)23-4-5-25(33-32-23)31-26-12-20-9-17(6-7-35(20)34-26)22-8-16(2)29-13-24(22)38-21-10-18-14-37-15-19(11-21)30-18/h4-9,12-13,18-19,21,30H,3,10-11,14-15H2,1-2H3,(H,28,36)(H,31,33,34)/t18-,19+,21-. The van der Waals surface area contributed by atoms with E-state index in [4.69, 9.17) is 9.47 Å². The highest BCUT2D eigenvalue weighted by Gasteiger charge is 2.33. The Bertz CT molecular complexity index is 1440. The first-order chi connectivity index (χ1) is 18.5. The number of aryl methyl sites for hydroxylation is 1. The summed E-state index contributed by atoms with van der Waals surface area (Å²) in [4.78, 5) is 16.4. The topological polar surface area (TPSA) is 128 Å². The molecule has 196 valence electrons. The third-order valence-corrected chi connectivity index (χ3v) is 6.77. The van der Waals surface area contributed by atoms with E-state index >= 15 is 0 Å². The minimum absolute atomic E-state index is 0.119. The zero-order chi connectivity index (χ0) is 26.1. The normalized spacial score (nSPS) is 20.7. The molecular formula is C27H30N8O3. The molecule has 2 fully saturated rings. The first-order valence-corrected chi connectivity index (χ1v) is 12.9. The number of carbonyl (C=O) groups is 1. The monoisotopic (exact) mass is 514 g/mol. The molecule has 3 atom stereocenters. The molecule has 4 aromatic rings. The third-order valence-electron chi connectivity index (χ3n) is 6.77. The van der Waals surface area contributed by atoms with Crippen LogP contribution in [0.1, 0.15) is 35.9 Å². The van der Waals surface area contributed by atoms with Gasteiger partial charge in [0.1, 0.15) is 11.9 Å². The molecule has 11 nitrogen and oxygen atoms in total. The van der Waals surface area contributed by atoms with Crippen LogP contribution in [0.25, 0.3) is 16.6 Å². The van der Waals surface area contributed by atoms with Crippen LogP contribution in [-0.4, -0.2) is 68.6 Å². The molecule has 0 saturated carbocycles. The van der Waals surface area contributed by atoms with Crippen molar-refractivity contribution in [3.63, 3.8) is 0 Å². The highest BCUT2D eigenvalue weighted by molar-refractivity contribution is 5.92. The average Bonchev–Trinajstić information content (AvgIpc) is 3.31. The molecule has 4 aromatic heterocycles. The van der Waals surface area contributed by atoms with E-state index in [1.165, 1.54) is 0 Å². The summed E-state index contributed by atoms with van der Waals surface area (Å²) in [6, 6.07) is 12.1. The van der Waals surface area contributed by atoms with Crippen molar-refractivity contribution in [1.82, 2.24) is 35.4 Å². The van der Waals surface area contributed by atoms with Gasteiger partial charge >= 0.3 is 0 Å². The van der Waals surface area contributed by atoms with Crippen LogP contribution in [0.2, 0.25) is 0 Å². The van der Waals surface area contributed by atoms with Crippen LogP contribution in [0.5, 0.6) is 5.75 Å². The number of anilines is 2. The van der Waals surface area contributed by atoms with E-state index in [1.54, 1.807) is 16.6 Å². The Morgan fingerprint density at radius 3 is 2.74 bits per heavy atom. The maximum Gasteiger partial charge on any atom is 0.271 e. The van der Waals surface area contributed by atoms with Crippen LogP contribution in [0.3, 0.4) is 0 Å². The van der Waals surface area contributed by atoms with Gasteiger partial charge in [-0.25, -0.2) is 4.52 Å². The number of nitrogens with one attached hydrogen (secondary N) is 3. The van der Waals surface area contributed by atoms with E-state index in [9.17, 15) is 4.79 Å². The van der Waals surface area contributed by atoms with Gasteiger partial charge in [0.15, 0.2) is 17.3 Å². The summed E-state index contributed by atoms with van der Waals surface area (Å²) >= 11 is 0. The first kappa shape index (κ1) is 24.3. The molecule has 0 spiro atoms. The van der Waals surface area contributed by atoms with Crippen molar-refractivity contribution in [2.24, 2.45) is 0 Å². The number of fused-ring (bicyclic) bond motifs is 3. The first-order valence-electron chi connectivity index (χ1n) is 12.9. The third kappa shape index (κ3) is 5.15. The summed E-state index contributed by atoms with van der Waals surface area (Å²) in [5.41, 5.74) is 4.12. The van der Waals surface area contributed by atoms with E-state index in [1.807, 2.05) is 38.4 Å². The quantitative estimate of drug-likeness (QED) is 0.341. The van der Waals surface area contributed by atoms with Gasteiger partial charge in [0.2, 0.25) is 0 Å². The van der Waals surface area contributed by atoms with E-state index in [0.29, 0.717) is 30.3 Å². The summed E-state index contributed by atoms with van der Waals surface area (Å²) in [5, 5.41) is 22.2. The highest BCUT2D eigenvalue weighted by atomic mass is 16.5. The lowest BCUT2D eigenvalue weighted by Crippen LogP contribution is -2.56. The number of aromatic nitrogens is 5. The molecule has 0 aliphatic carbocycles. The summed E-state index contributed by atoms with van der Waals surface area (Å²) in [5.74, 6) is 1.65. The van der Waals surface area contributed by atoms with Crippen molar-refractivity contribution >= 4 is 23.1 Å². The van der Waals surface area contributed by atoms with Crippen molar-refractivity contribution < 1.29 is 14.3 Å². The van der Waals surface area contributed by atoms with Gasteiger partial charge in [-0.2, -0.15) is 5.10 Å². The summed E-state index contributed by atoms with van der Waals surface area (Å²) in [6.45, 7) is 5.83. The van der Waals surface area contributed by atoms with Gasteiger partial charge in [0.25, 0.3) is 5.91 Å². The predicted octanol–water partition coefficient (Wildman–Crippen LogP) is 2.89. The molecule has 3 N–H and O–H groups in total. The number of hydrogen-bond acceptors (Lipinski definition) is 9. The van der Waals surface area contributed by atoms with Crippen molar-refractivity contribution in [1.29, 1.82) is 0 Å². The molecule has 2 aliphatic heterocycles. The number of nitrogens with zero attached hydrogens (tertiary/aromatic N) is 5. The number of amides is 1. The number of morpholine rings is 1. The second-order valence-electron chi connectivity index (χ2n) is 9.73. The Morgan fingerprint density at radius 1 is 1.13 bits per heavy atom. The molecule has 1 amide bonds. The number of ether oxygens (including phenoxy) is 2. The number of rotatable bonds is 7. The Labute approximate surface area is 220 Å². The SMILES string of the molecule is CCNC(=O)c1ccc(Nc2cc3cc(-c4cc(C)ncc4O[C@H]4C[C@H]5COC[C@@H](C4)N5)ccn3n2)nn1. The van der Waals surface area contributed by atoms with Crippen LogP contribution >= 0.6 is 0 Å². The van der Waals surface area contributed by atoms with E-state index in [-0.39, 0.29) is 17.7 Å². The summed E-state index contributed by atoms with van der Waals surface area (Å²) < 4.78 is 14.0. The van der Waals surface area contributed by atoms with Crippen molar-refractivity contribution in [2.45, 2.75) is 44.9 Å². The molecule has 2 aliphatic rings. The van der Waals surface area contributed by atoms with Crippen LogP contribution in [0.15, 0.2) is 48.8 Å². The fourth-order valence-electron chi connectivity index (χ4n) is 5.05. The Balaban J connectivity index is 1.22. The smallest absolute Gasteiger partial charge is 0.271 e. The second-order valence-corrected chi connectivity index (χ2v) is 9.73. The fourth-order valence-corrected chi connectivity index (χ4v) is 5.05. The Morgan fingerprint density at radius 2 is 1.97 bits per heavy atom. The van der Waals surface area contributed by atoms with Crippen LogP contribution in [0.4, 0.5) is 11.6 Å². The highest BCUT2D eigenvalue weighted by Crippen LogP contribution is 2.34. The molecule has 38 heavy (non-hydrogen) atoms. The zero-order valence-electron chi connectivity index (χ0n) is 21.3. The summed E-state index contributed by atoms with van der Waals surface area (Å²) in [7, 11) is 0. The minimum atomic E-state index is -0.251. The van der Waals surface area contributed by atoms with Gasteiger partial charge in [-0.3, -0.25) is 9.78 Å². The molecule has 6 heterocycles. The van der Waals surface area contributed by atoms with Gasteiger partial charge in [-0.05, 0) is 49.7 Å². The Hall–Kier alpha value is -4.09. The largest absolute Gasteiger partial charge is 0.488 e. The lowest BCUT2D eigenvalue weighted by Gasteiger charge is -2.40. The zero-order valence-corrected chi connectivity index (χ0v) is 21.3. The van der Waals surface area contributed by atoms with E-state index in [0.717, 1.165) is 54.1 Å². The molecule has 0 aromatic carbocycles. The lowest BCUT2D eigenvalue weighted by molar-refractivity contribution is -0.0122.